The zero-order valence-corrected chi connectivity index (χ0v) is 15.5. The molecule has 0 unspecified atom stereocenters. The van der Waals surface area contributed by atoms with Gasteiger partial charge in [-0.15, -0.1) is 0 Å². The zero-order chi connectivity index (χ0) is 18.7. The van der Waals surface area contributed by atoms with Crippen molar-refractivity contribution < 1.29 is 9.72 Å². The number of halogens is 1. The first kappa shape index (κ1) is 17.8. The molecule has 132 valence electrons. The molecule has 0 aliphatic heterocycles. The van der Waals surface area contributed by atoms with Gasteiger partial charge in [0.15, 0.2) is 0 Å². The number of nitro groups is 1. The number of hydrogen-bond donors (Lipinski definition) is 0. The van der Waals surface area contributed by atoms with Crippen molar-refractivity contribution in [3.8, 4) is 5.69 Å². The second kappa shape index (κ2) is 7.49. The molecular weight excluding hydrogens is 400 g/mol. The van der Waals surface area contributed by atoms with Gasteiger partial charge in [0, 0.05) is 36.3 Å². The molecule has 0 amide bonds. The molecule has 0 atom stereocenters. The molecule has 0 spiro atoms. The molecular formula is C18H15BrN4O3. The molecule has 0 fully saturated rings. The molecule has 3 rings (SSSR count). The SMILES string of the molecule is CCn1ncc(Br)c1C(=O)/C=C/c1cccn1-c1ccc([N+](=O)[O-])cc1. The Morgan fingerprint density at radius 3 is 2.69 bits per heavy atom. The number of non-ortho nitro benzene ring substituents is 1. The lowest BCUT2D eigenvalue weighted by Gasteiger charge is -2.06. The highest BCUT2D eigenvalue weighted by molar-refractivity contribution is 9.10. The third-order valence-corrected chi connectivity index (χ3v) is 4.43. The molecule has 0 aliphatic rings. The fraction of sp³-hybridized carbons (Fsp3) is 0.111. The fourth-order valence-electron chi connectivity index (χ4n) is 2.59. The summed E-state index contributed by atoms with van der Waals surface area (Å²) in [6.07, 6.45) is 6.63. The van der Waals surface area contributed by atoms with Crippen molar-refractivity contribution in [1.82, 2.24) is 14.3 Å². The number of ketones is 1. The Bertz CT molecular complexity index is 986. The average Bonchev–Trinajstić information content (AvgIpc) is 3.26. The van der Waals surface area contributed by atoms with Gasteiger partial charge in [0.25, 0.3) is 5.69 Å². The van der Waals surface area contributed by atoms with E-state index in [1.54, 1.807) is 29.1 Å². The van der Waals surface area contributed by atoms with E-state index < -0.39 is 4.92 Å². The molecule has 26 heavy (non-hydrogen) atoms. The summed E-state index contributed by atoms with van der Waals surface area (Å²) in [6, 6.07) is 9.94. The van der Waals surface area contributed by atoms with Gasteiger partial charge >= 0.3 is 0 Å². The van der Waals surface area contributed by atoms with Gasteiger partial charge in [-0.25, -0.2) is 0 Å². The second-order valence-corrected chi connectivity index (χ2v) is 6.29. The number of carbonyl (C=O) groups excluding carboxylic acids is 1. The highest BCUT2D eigenvalue weighted by atomic mass is 79.9. The van der Waals surface area contributed by atoms with E-state index in [0.717, 1.165) is 11.4 Å². The van der Waals surface area contributed by atoms with E-state index in [4.69, 9.17) is 0 Å². The number of nitrogens with zero attached hydrogens (tertiary/aromatic N) is 4. The van der Waals surface area contributed by atoms with Crippen LogP contribution in [0, 0.1) is 10.1 Å². The van der Waals surface area contributed by atoms with Crippen molar-refractivity contribution in [3.63, 3.8) is 0 Å². The van der Waals surface area contributed by atoms with E-state index in [1.807, 2.05) is 29.8 Å². The number of carbonyl (C=O) groups is 1. The lowest BCUT2D eigenvalue weighted by atomic mass is 10.2. The van der Waals surface area contributed by atoms with Gasteiger partial charge in [0.05, 0.1) is 15.6 Å². The molecule has 0 radical (unpaired) electrons. The molecule has 1 aromatic carbocycles. The molecule has 7 nitrogen and oxygen atoms in total. The van der Waals surface area contributed by atoms with Crippen LogP contribution >= 0.6 is 15.9 Å². The molecule has 0 bridgehead atoms. The van der Waals surface area contributed by atoms with Gasteiger partial charge in [-0.05, 0) is 59.3 Å². The van der Waals surface area contributed by atoms with Crippen LogP contribution in [0.5, 0.6) is 0 Å². The Morgan fingerprint density at radius 1 is 1.31 bits per heavy atom. The Hall–Kier alpha value is -3.00. The number of rotatable bonds is 6. The summed E-state index contributed by atoms with van der Waals surface area (Å²) in [5.41, 5.74) is 2.08. The smallest absolute Gasteiger partial charge is 0.269 e. The standard InChI is InChI=1S/C18H15BrN4O3/c1-2-22-18(16(19)12-20-22)17(24)10-9-13-4-3-11-21(13)14-5-7-15(8-6-14)23(25)26/h3-12H,2H2,1H3/b10-9+. The Kier molecular flexibility index (Phi) is 5.13. The summed E-state index contributed by atoms with van der Waals surface area (Å²) in [6.45, 7) is 2.51. The van der Waals surface area contributed by atoms with Gasteiger partial charge in [-0.1, -0.05) is 0 Å². The zero-order valence-electron chi connectivity index (χ0n) is 13.9. The monoisotopic (exact) mass is 414 g/mol. The summed E-state index contributed by atoms with van der Waals surface area (Å²) >= 11 is 3.35. The largest absolute Gasteiger partial charge is 0.317 e. The summed E-state index contributed by atoms with van der Waals surface area (Å²) in [7, 11) is 0. The predicted octanol–water partition coefficient (Wildman–Crippen LogP) is 4.26. The molecule has 3 aromatic rings. The lowest BCUT2D eigenvalue weighted by molar-refractivity contribution is -0.384. The molecule has 0 N–H and O–H groups in total. The molecule has 0 saturated carbocycles. The third kappa shape index (κ3) is 3.50. The summed E-state index contributed by atoms with van der Waals surface area (Å²) < 4.78 is 4.13. The number of benzene rings is 1. The van der Waals surface area contributed by atoms with Crippen molar-refractivity contribution >= 4 is 33.5 Å². The second-order valence-electron chi connectivity index (χ2n) is 5.43. The summed E-state index contributed by atoms with van der Waals surface area (Å²) in [5, 5.41) is 14.9. The Labute approximate surface area is 157 Å². The highest BCUT2D eigenvalue weighted by Crippen LogP contribution is 2.20. The lowest BCUT2D eigenvalue weighted by Crippen LogP contribution is -2.08. The van der Waals surface area contributed by atoms with E-state index in [9.17, 15) is 14.9 Å². The van der Waals surface area contributed by atoms with E-state index in [0.29, 0.717) is 16.7 Å². The maximum atomic E-state index is 12.5. The number of aromatic nitrogens is 3. The minimum Gasteiger partial charge on any atom is -0.317 e. The van der Waals surface area contributed by atoms with E-state index >= 15 is 0 Å². The first-order chi connectivity index (χ1) is 12.5. The maximum absolute atomic E-state index is 12.5. The molecule has 0 aliphatic carbocycles. The maximum Gasteiger partial charge on any atom is 0.269 e. The van der Waals surface area contributed by atoms with Crippen LogP contribution in [-0.4, -0.2) is 25.1 Å². The highest BCUT2D eigenvalue weighted by Gasteiger charge is 2.14. The first-order valence-electron chi connectivity index (χ1n) is 7.87. The molecule has 0 saturated heterocycles. The van der Waals surface area contributed by atoms with Crippen molar-refractivity contribution in [1.29, 1.82) is 0 Å². The topological polar surface area (TPSA) is 83.0 Å². The number of hydrogen-bond acceptors (Lipinski definition) is 4. The van der Waals surface area contributed by atoms with Gasteiger partial charge < -0.3 is 4.57 Å². The van der Waals surface area contributed by atoms with Crippen molar-refractivity contribution in [2.75, 3.05) is 0 Å². The van der Waals surface area contributed by atoms with Crippen molar-refractivity contribution in [3.05, 3.63) is 80.8 Å². The first-order valence-corrected chi connectivity index (χ1v) is 8.66. The van der Waals surface area contributed by atoms with Crippen LogP contribution in [-0.2, 0) is 6.54 Å². The predicted molar refractivity (Wildman–Crippen MR) is 101 cm³/mol. The third-order valence-electron chi connectivity index (χ3n) is 3.85. The normalized spacial score (nSPS) is 11.2. The van der Waals surface area contributed by atoms with Gasteiger partial charge in [0.1, 0.15) is 5.69 Å². The Morgan fingerprint density at radius 2 is 2.04 bits per heavy atom. The minimum atomic E-state index is -0.437. The summed E-state index contributed by atoms with van der Waals surface area (Å²) in [5.74, 6) is -0.160. The average molecular weight is 415 g/mol. The van der Waals surface area contributed by atoms with Crippen molar-refractivity contribution in [2.45, 2.75) is 13.5 Å². The van der Waals surface area contributed by atoms with E-state index in [1.165, 1.54) is 18.2 Å². The van der Waals surface area contributed by atoms with E-state index in [2.05, 4.69) is 21.0 Å². The Balaban J connectivity index is 1.87. The van der Waals surface area contributed by atoms with Gasteiger partial charge in [-0.2, -0.15) is 5.10 Å². The minimum absolute atomic E-state index is 0.0332. The molecule has 2 aromatic heterocycles. The van der Waals surface area contributed by atoms with Gasteiger partial charge in [-0.3, -0.25) is 19.6 Å². The fourth-order valence-corrected chi connectivity index (χ4v) is 3.08. The van der Waals surface area contributed by atoms with E-state index in [-0.39, 0.29) is 11.5 Å². The van der Waals surface area contributed by atoms with Crippen LogP contribution in [0.4, 0.5) is 5.69 Å². The number of allylic oxidation sites excluding steroid dienone is 1. The van der Waals surface area contributed by atoms with Crippen LogP contribution in [0.15, 0.2) is 59.3 Å². The quantitative estimate of drug-likeness (QED) is 0.261. The van der Waals surface area contributed by atoms with Crippen LogP contribution in [0.1, 0.15) is 23.1 Å². The van der Waals surface area contributed by atoms with Crippen LogP contribution in [0.2, 0.25) is 0 Å². The molecule has 2 heterocycles. The molecule has 8 heteroatoms. The summed E-state index contributed by atoms with van der Waals surface area (Å²) in [4.78, 5) is 22.8. The van der Waals surface area contributed by atoms with Gasteiger partial charge in [0.2, 0.25) is 5.78 Å². The number of aryl methyl sites for hydroxylation is 1. The van der Waals surface area contributed by atoms with Crippen LogP contribution in [0.25, 0.3) is 11.8 Å². The van der Waals surface area contributed by atoms with Crippen LogP contribution in [0.3, 0.4) is 0 Å². The van der Waals surface area contributed by atoms with Crippen LogP contribution < -0.4 is 0 Å². The van der Waals surface area contributed by atoms with Crippen molar-refractivity contribution in [2.24, 2.45) is 0 Å². The number of nitro benzene ring substituents is 1.